The van der Waals surface area contributed by atoms with Gasteiger partial charge in [0.15, 0.2) is 11.6 Å². The Morgan fingerprint density at radius 3 is 2.40 bits per heavy atom. The van der Waals surface area contributed by atoms with Crippen molar-refractivity contribution in [3.05, 3.63) is 70.1 Å². The zero-order valence-corrected chi connectivity index (χ0v) is 23.9. The molecule has 1 fully saturated rings. The van der Waals surface area contributed by atoms with Crippen molar-refractivity contribution in [3.8, 4) is 0 Å². The lowest BCUT2D eigenvalue weighted by Crippen LogP contribution is -2.56. The molecule has 2 aromatic rings. The highest BCUT2D eigenvalue weighted by atomic mass is 16.3. The highest BCUT2D eigenvalue weighted by Gasteiger charge is 2.39. The van der Waals surface area contributed by atoms with Crippen LogP contribution in [-0.2, 0) is 25.6 Å². The highest BCUT2D eigenvalue weighted by molar-refractivity contribution is 6.17. The number of nitrogens with two attached hydrogens (primary N) is 1. The van der Waals surface area contributed by atoms with Gasteiger partial charge < -0.3 is 21.3 Å². The summed E-state index contributed by atoms with van der Waals surface area (Å²) in [5, 5.41) is 8.69. The van der Waals surface area contributed by atoms with Gasteiger partial charge in [0.25, 0.3) is 0 Å². The molecule has 13 heteroatoms. The van der Waals surface area contributed by atoms with Crippen LogP contribution in [0.4, 0.5) is 5.69 Å². The summed E-state index contributed by atoms with van der Waals surface area (Å²) >= 11 is 0. The molecule has 43 heavy (non-hydrogen) atoms. The van der Waals surface area contributed by atoms with E-state index in [0.29, 0.717) is 17.9 Å². The molecule has 0 radical (unpaired) electrons. The molecule has 0 spiro atoms. The number of nitrogens with one attached hydrogen (secondary N) is 2. The van der Waals surface area contributed by atoms with Crippen LogP contribution < -0.4 is 21.4 Å². The van der Waals surface area contributed by atoms with Crippen LogP contribution >= 0.6 is 0 Å². The number of hydrogen-bond acceptors (Lipinski definition) is 9. The highest BCUT2D eigenvalue weighted by Crippen LogP contribution is 2.31. The number of anilines is 1. The molecule has 13 nitrogen and oxygen atoms in total. The molecule has 0 aliphatic carbocycles. The lowest BCUT2D eigenvalue weighted by atomic mass is 9.91. The molecule has 0 bridgehead atoms. The summed E-state index contributed by atoms with van der Waals surface area (Å²) in [6, 6.07) is 9.38. The van der Waals surface area contributed by atoms with Gasteiger partial charge >= 0.3 is 0 Å². The summed E-state index contributed by atoms with van der Waals surface area (Å²) in [7, 11) is 0. The molecule has 2 heterocycles. The molecule has 4 N–H and O–H groups in total. The van der Waals surface area contributed by atoms with E-state index in [9.17, 15) is 33.7 Å². The van der Waals surface area contributed by atoms with E-state index < -0.39 is 59.4 Å². The number of Topliss-reactive ketones (excluding diaryl/α,β-unsaturated/α-hetero) is 2. The van der Waals surface area contributed by atoms with Crippen LogP contribution in [0.1, 0.15) is 65.8 Å². The molecule has 4 amide bonds. The minimum Gasteiger partial charge on any atom is -0.344 e. The zero-order valence-electron chi connectivity index (χ0n) is 23.9. The summed E-state index contributed by atoms with van der Waals surface area (Å²) < 4.78 is 0. The van der Waals surface area contributed by atoms with Crippen LogP contribution in [-0.4, -0.2) is 70.8 Å². The number of amides is 4. The number of nitrogens with zero attached hydrogens (tertiary/aromatic N) is 3. The first kappa shape index (κ1) is 31.2. The zero-order chi connectivity index (χ0) is 31.3. The maximum absolute atomic E-state index is 14.1. The maximum atomic E-state index is 14.1. The summed E-state index contributed by atoms with van der Waals surface area (Å²) in [5.41, 5.74) is 6.07. The molecule has 0 unspecified atom stereocenters. The quantitative estimate of drug-likeness (QED) is 0.274. The molecule has 0 saturated carbocycles. The van der Waals surface area contributed by atoms with E-state index in [1.807, 2.05) is 0 Å². The molecule has 0 aromatic heterocycles. The Kier molecular flexibility index (Phi) is 9.76. The molecule has 226 valence electrons. The molecule has 2 aromatic carbocycles. The number of likely N-dealkylation sites (tertiary alicyclic amines) is 1. The van der Waals surface area contributed by atoms with Gasteiger partial charge in [0.05, 0.1) is 28.6 Å². The van der Waals surface area contributed by atoms with Crippen molar-refractivity contribution in [3.63, 3.8) is 0 Å². The normalized spacial score (nSPS) is 18.6. The van der Waals surface area contributed by atoms with Crippen LogP contribution in [0.3, 0.4) is 0 Å². The maximum Gasteiger partial charge on any atom is 0.250 e. The second kappa shape index (κ2) is 13.5. The van der Waals surface area contributed by atoms with Gasteiger partial charge in [0.1, 0.15) is 12.1 Å². The van der Waals surface area contributed by atoms with E-state index in [1.54, 1.807) is 30.3 Å². The standard InChI is InChI=1S/C30H34N6O7/c1-17(31)28(40)32-18(2)30(42)35-15-7-12-23(35)29(41)33-21(16-19-8-4-3-5-9-19)27(39)20-10-6-11-22-26(20)24(37)13-14-25(38)36(22)34-43/h3-6,8-11,17-18,21,23H,7,12-16,31H2,1-2H3,(H,32,40)(H,33,41)/t17-,18-,21-,23-/m0/s1. The van der Waals surface area contributed by atoms with Gasteiger partial charge in [0.2, 0.25) is 23.6 Å². The molecular formula is C30H34N6O7. The lowest BCUT2D eigenvalue weighted by molar-refractivity contribution is -0.141. The second-order valence-corrected chi connectivity index (χ2v) is 10.7. The average Bonchev–Trinajstić information content (AvgIpc) is 3.45. The van der Waals surface area contributed by atoms with Gasteiger partial charge in [0, 0.05) is 31.4 Å². The third-order valence-corrected chi connectivity index (χ3v) is 7.60. The number of hydrogen-bond donors (Lipinski definition) is 3. The summed E-state index contributed by atoms with van der Waals surface area (Å²) in [5.74, 6) is -3.29. The van der Waals surface area contributed by atoms with E-state index in [4.69, 9.17) is 5.73 Å². The number of fused-ring (bicyclic) bond motifs is 1. The molecular weight excluding hydrogens is 556 g/mol. The Bertz CT molecular complexity index is 1440. The Hall–Kier alpha value is -4.78. The molecule has 2 aliphatic heterocycles. The van der Waals surface area contributed by atoms with E-state index in [0.717, 1.165) is 5.56 Å². The molecule has 4 atom stereocenters. The van der Waals surface area contributed by atoms with E-state index in [2.05, 4.69) is 15.9 Å². The van der Waals surface area contributed by atoms with Crippen LogP contribution in [0.5, 0.6) is 0 Å². The predicted molar refractivity (Wildman–Crippen MR) is 156 cm³/mol. The van der Waals surface area contributed by atoms with Crippen molar-refractivity contribution < 1.29 is 28.8 Å². The van der Waals surface area contributed by atoms with E-state index >= 15 is 0 Å². The smallest absolute Gasteiger partial charge is 0.250 e. The Labute approximate surface area is 248 Å². The van der Waals surface area contributed by atoms with Gasteiger partial charge in [-0.25, -0.2) is 0 Å². The summed E-state index contributed by atoms with van der Waals surface area (Å²) in [6.07, 6.45) is 0.497. The Balaban J connectivity index is 1.64. The fourth-order valence-corrected chi connectivity index (χ4v) is 5.36. The molecule has 4 rings (SSSR count). The summed E-state index contributed by atoms with van der Waals surface area (Å²) in [4.78, 5) is 91.4. The van der Waals surface area contributed by atoms with Crippen LogP contribution in [0, 0.1) is 4.91 Å². The number of ketones is 2. The second-order valence-electron chi connectivity index (χ2n) is 10.7. The fourth-order valence-electron chi connectivity index (χ4n) is 5.36. The van der Waals surface area contributed by atoms with Gasteiger partial charge in [-0.05, 0) is 38.3 Å². The van der Waals surface area contributed by atoms with Crippen molar-refractivity contribution in [2.24, 2.45) is 11.0 Å². The Morgan fingerprint density at radius 1 is 1.00 bits per heavy atom. The van der Waals surface area contributed by atoms with Crippen molar-refractivity contribution in [1.29, 1.82) is 0 Å². The van der Waals surface area contributed by atoms with Crippen LogP contribution in [0.15, 0.2) is 53.8 Å². The third kappa shape index (κ3) is 6.83. The van der Waals surface area contributed by atoms with Gasteiger partial charge in [-0.1, -0.05) is 42.5 Å². The minimum absolute atomic E-state index is 0.0568. The first-order valence-electron chi connectivity index (χ1n) is 14.1. The van der Waals surface area contributed by atoms with Gasteiger partial charge in [-0.15, -0.1) is 4.91 Å². The van der Waals surface area contributed by atoms with E-state index in [1.165, 1.54) is 36.9 Å². The minimum atomic E-state index is -1.15. The monoisotopic (exact) mass is 590 g/mol. The van der Waals surface area contributed by atoms with E-state index in [-0.39, 0.29) is 42.6 Å². The number of carbonyl (C=O) groups is 6. The van der Waals surface area contributed by atoms with Crippen molar-refractivity contribution in [2.45, 2.75) is 70.1 Å². The fraction of sp³-hybridized carbons (Fsp3) is 0.400. The van der Waals surface area contributed by atoms with Crippen molar-refractivity contribution >= 4 is 40.9 Å². The SMILES string of the molecule is C[C@H](N)C(=O)N[C@@H](C)C(=O)N1CCC[C@H]1C(=O)N[C@@H](Cc1ccccc1)C(=O)c1cccc2c1C(=O)CCC(=O)N2N=O. The van der Waals surface area contributed by atoms with Gasteiger partial charge in [-0.2, -0.15) is 5.01 Å². The number of rotatable bonds is 10. The van der Waals surface area contributed by atoms with Gasteiger partial charge in [-0.3, -0.25) is 28.8 Å². The van der Waals surface area contributed by atoms with Crippen molar-refractivity contribution in [1.82, 2.24) is 15.5 Å². The first-order chi connectivity index (χ1) is 20.5. The van der Waals surface area contributed by atoms with Crippen LogP contribution in [0.2, 0.25) is 0 Å². The third-order valence-electron chi connectivity index (χ3n) is 7.60. The summed E-state index contributed by atoms with van der Waals surface area (Å²) in [6.45, 7) is 3.29. The van der Waals surface area contributed by atoms with Crippen molar-refractivity contribution in [2.75, 3.05) is 11.6 Å². The largest absolute Gasteiger partial charge is 0.344 e. The van der Waals surface area contributed by atoms with Crippen LogP contribution in [0.25, 0.3) is 0 Å². The average molecular weight is 591 g/mol. The number of carbonyl (C=O) groups excluding carboxylic acids is 6. The molecule has 2 aliphatic rings. The first-order valence-corrected chi connectivity index (χ1v) is 14.1. The number of nitroso groups, excluding NO2 is 1. The predicted octanol–water partition coefficient (Wildman–Crippen LogP) is 1.43. The lowest BCUT2D eigenvalue weighted by Gasteiger charge is -2.29. The molecule has 1 saturated heterocycles. The Morgan fingerprint density at radius 2 is 1.72 bits per heavy atom. The number of benzene rings is 2. The topological polar surface area (TPSA) is 188 Å².